The molecule has 3 aromatic rings. The van der Waals surface area contributed by atoms with Gasteiger partial charge in [-0.05, 0) is 36.5 Å². The number of imidazole rings is 1. The van der Waals surface area contributed by atoms with Gasteiger partial charge < -0.3 is 14.4 Å². The molecule has 0 fully saturated rings. The highest BCUT2D eigenvalue weighted by atomic mass is 16.5. The predicted molar refractivity (Wildman–Crippen MR) is 105 cm³/mol. The molecule has 5 nitrogen and oxygen atoms in total. The van der Waals surface area contributed by atoms with Crippen molar-refractivity contribution in [1.29, 1.82) is 0 Å². The fraction of sp³-hybridized carbons (Fsp3) is 0.364. The van der Waals surface area contributed by atoms with Gasteiger partial charge in [0.15, 0.2) is 0 Å². The van der Waals surface area contributed by atoms with Crippen LogP contribution in [0.1, 0.15) is 23.4 Å². The van der Waals surface area contributed by atoms with Crippen molar-refractivity contribution in [3.8, 4) is 17.1 Å². The first-order valence-corrected chi connectivity index (χ1v) is 9.50. The van der Waals surface area contributed by atoms with Crippen molar-refractivity contribution in [1.82, 2.24) is 14.5 Å². The van der Waals surface area contributed by atoms with Gasteiger partial charge >= 0.3 is 0 Å². The van der Waals surface area contributed by atoms with E-state index < -0.39 is 0 Å². The highest BCUT2D eigenvalue weighted by molar-refractivity contribution is 5.59. The molecule has 0 aliphatic carbocycles. The summed E-state index contributed by atoms with van der Waals surface area (Å²) in [6.07, 6.45) is 7.81. The van der Waals surface area contributed by atoms with E-state index in [2.05, 4.69) is 40.0 Å². The maximum Gasteiger partial charge on any atom is 0.213 e. The Kier molecular flexibility index (Phi) is 5.21. The topological polar surface area (TPSA) is 60.2 Å². The summed E-state index contributed by atoms with van der Waals surface area (Å²) >= 11 is 0. The summed E-state index contributed by atoms with van der Waals surface area (Å²) in [6, 6.07) is 12.7. The Morgan fingerprint density at radius 3 is 2.74 bits per heavy atom. The molecule has 3 heterocycles. The Bertz CT molecular complexity index is 902. The van der Waals surface area contributed by atoms with Crippen molar-refractivity contribution in [2.45, 2.75) is 32.2 Å². The van der Waals surface area contributed by atoms with Crippen LogP contribution in [0.4, 0.5) is 0 Å². The number of pyridine rings is 1. The van der Waals surface area contributed by atoms with Crippen LogP contribution in [0.25, 0.3) is 11.3 Å². The van der Waals surface area contributed by atoms with Crippen molar-refractivity contribution >= 4 is 0 Å². The second-order valence-corrected chi connectivity index (χ2v) is 7.19. The fourth-order valence-corrected chi connectivity index (χ4v) is 3.65. The molecule has 1 aromatic carbocycles. The average Bonchev–Trinajstić information content (AvgIpc) is 3.16. The Morgan fingerprint density at radius 1 is 1.15 bits per heavy atom. The van der Waals surface area contributed by atoms with Gasteiger partial charge in [0.1, 0.15) is 5.82 Å². The van der Waals surface area contributed by atoms with E-state index in [0.29, 0.717) is 11.8 Å². The highest BCUT2D eigenvalue weighted by Crippen LogP contribution is 2.25. The number of aliphatic hydroxyl groups excluding tert-OH is 1. The molecule has 1 atom stereocenters. The van der Waals surface area contributed by atoms with E-state index in [9.17, 15) is 5.11 Å². The van der Waals surface area contributed by atoms with E-state index >= 15 is 0 Å². The smallest absolute Gasteiger partial charge is 0.213 e. The summed E-state index contributed by atoms with van der Waals surface area (Å²) in [5.41, 5.74) is 4.70. The van der Waals surface area contributed by atoms with E-state index in [4.69, 9.17) is 9.72 Å². The van der Waals surface area contributed by atoms with Crippen LogP contribution >= 0.6 is 0 Å². The van der Waals surface area contributed by atoms with Gasteiger partial charge in [-0.25, -0.2) is 9.97 Å². The predicted octanol–water partition coefficient (Wildman–Crippen LogP) is 3.29. The SMILES string of the molecule is COc1cc(CCc2ccc(-c3cn4c(n3)CCC(CO)C4)cc2)ccn1. The van der Waals surface area contributed by atoms with Gasteiger partial charge in [-0.1, -0.05) is 24.3 Å². The summed E-state index contributed by atoms with van der Waals surface area (Å²) in [5, 5.41) is 9.39. The van der Waals surface area contributed by atoms with Crippen LogP contribution in [-0.2, 0) is 25.8 Å². The second kappa shape index (κ2) is 7.92. The van der Waals surface area contributed by atoms with Crippen molar-refractivity contribution in [2.24, 2.45) is 5.92 Å². The Balaban J connectivity index is 1.42. The fourth-order valence-electron chi connectivity index (χ4n) is 3.65. The minimum absolute atomic E-state index is 0.255. The van der Waals surface area contributed by atoms with Crippen LogP contribution in [0.3, 0.4) is 0 Å². The number of hydrogen-bond acceptors (Lipinski definition) is 4. The zero-order valence-corrected chi connectivity index (χ0v) is 15.6. The van der Waals surface area contributed by atoms with Crippen LogP contribution in [0.15, 0.2) is 48.8 Å². The zero-order valence-electron chi connectivity index (χ0n) is 15.6. The summed E-state index contributed by atoms with van der Waals surface area (Å²) in [7, 11) is 1.64. The molecule has 1 aliphatic heterocycles. The van der Waals surface area contributed by atoms with Crippen LogP contribution < -0.4 is 4.74 Å². The number of fused-ring (bicyclic) bond motifs is 1. The highest BCUT2D eigenvalue weighted by Gasteiger charge is 2.20. The summed E-state index contributed by atoms with van der Waals surface area (Å²) < 4.78 is 7.38. The first kappa shape index (κ1) is 17.7. The lowest BCUT2D eigenvalue weighted by atomic mass is 10.0. The van der Waals surface area contributed by atoms with E-state index in [0.717, 1.165) is 49.3 Å². The van der Waals surface area contributed by atoms with Gasteiger partial charge in [-0.15, -0.1) is 0 Å². The van der Waals surface area contributed by atoms with Gasteiger partial charge in [0.25, 0.3) is 0 Å². The maximum atomic E-state index is 9.39. The van der Waals surface area contributed by atoms with Crippen LogP contribution in [0.2, 0.25) is 0 Å². The van der Waals surface area contributed by atoms with Gasteiger partial charge in [-0.2, -0.15) is 0 Å². The van der Waals surface area contributed by atoms with Crippen LogP contribution in [0.5, 0.6) is 5.88 Å². The maximum absolute atomic E-state index is 9.39. The molecule has 2 aromatic heterocycles. The molecule has 0 spiro atoms. The van der Waals surface area contributed by atoms with Crippen molar-refractivity contribution in [3.05, 3.63) is 65.7 Å². The van der Waals surface area contributed by atoms with Crippen molar-refractivity contribution in [3.63, 3.8) is 0 Å². The van der Waals surface area contributed by atoms with E-state index in [1.165, 1.54) is 11.1 Å². The first-order valence-electron chi connectivity index (χ1n) is 9.50. The molecular formula is C22H25N3O2. The summed E-state index contributed by atoms with van der Waals surface area (Å²) in [5.74, 6) is 2.15. The van der Waals surface area contributed by atoms with Gasteiger partial charge in [-0.3, -0.25) is 0 Å². The first-order chi connectivity index (χ1) is 13.2. The number of methoxy groups -OCH3 is 1. The summed E-state index contributed by atoms with van der Waals surface area (Å²) in [6.45, 7) is 1.12. The number of nitrogens with zero attached hydrogens (tertiary/aromatic N) is 3. The van der Waals surface area contributed by atoms with Gasteiger partial charge in [0, 0.05) is 49.5 Å². The molecule has 1 aliphatic rings. The lowest BCUT2D eigenvalue weighted by Crippen LogP contribution is -2.22. The number of benzene rings is 1. The van der Waals surface area contributed by atoms with E-state index in [-0.39, 0.29) is 6.61 Å². The molecule has 0 amide bonds. The summed E-state index contributed by atoms with van der Waals surface area (Å²) in [4.78, 5) is 8.94. The lowest BCUT2D eigenvalue weighted by Gasteiger charge is -2.21. The van der Waals surface area contributed by atoms with Crippen LogP contribution in [0, 0.1) is 5.92 Å². The standard InChI is InChI=1S/C22H25N3O2/c1-27-22-12-17(10-11-23-22)3-2-16-4-7-19(8-5-16)20-14-25-13-18(15-26)6-9-21(25)24-20/h4-5,7-8,10-12,14,18,26H,2-3,6,9,13,15H2,1H3. The molecule has 0 saturated carbocycles. The molecule has 27 heavy (non-hydrogen) atoms. The minimum Gasteiger partial charge on any atom is -0.481 e. The third-order valence-electron chi connectivity index (χ3n) is 5.31. The minimum atomic E-state index is 0.255. The zero-order chi connectivity index (χ0) is 18.6. The molecule has 0 bridgehead atoms. The number of aryl methyl sites for hydroxylation is 3. The lowest BCUT2D eigenvalue weighted by molar-refractivity contribution is 0.190. The van der Waals surface area contributed by atoms with Gasteiger partial charge in [0.2, 0.25) is 5.88 Å². The number of rotatable bonds is 6. The molecule has 4 rings (SSSR count). The molecule has 0 saturated heterocycles. The second-order valence-electron chi connectivity index (χ2n) is 7.19. The van der Waals surface area contributed by atoms with Crippen molar-refractivity contribution < 1.29 is 9.84 Å². The third-order valence-corrected chi connectivity index (χ3v) is 5.31. The number of aliphatic hydroxyl groups is 1. The largest absolute Gasteiger partial charge is 0.481 e. The number of aromatic nitrogens is 3. The third kappa shape index (κ3) is 4.03. The Labute approximate surface area is 159 Å². The average molecular weight is 363 g/mol. The normalized spacial score (nSPS) is 16.1. The molecule has 5 heteroatoms. The van der Waals surface area contributed by atoms with Crippen LogP contribution in [-0.4, -0.2) is 33.4 Å². The number of hydrogen-bond donors (Lipinski definition) is 1. The molecule has 0 radical (unpaired) electrons. The van der Waals surface area contributed by atoms with Gasteiger partial charge in [0.05, 0.1) is 12.8 Å². The Hall–Kier alpha value is -2.66. The Morgan fingerprint density at radius 2 is 1.96 bits per heavy atom. The number of ether oxygens (including phenoxy) is 1. The van der Waals surface area contributed by atoms with Crippen molar-refractivity contribution in [2.75, 3.05) is 13.7 Å². The quantitative estimate of drug-likeness (QED) is 0.730. The monoisotopic (exact) mass is 363 g/mol. The van der Waals surface area contributed by atoms with E-state index in [1.54, 1.807) is 13.3 Å². The van der Waals surface area contributed by atoms with E-state index in [1.807, 2.05) is 12.1 Å². The molecular weight excluding hydrogens is 338 g/mol. The molecule has 140 valence electrons. The molecule has 1 unspecified atom stereocenters. The molecule has 1 N–H and O–H groups in total.